The Morgan fingerprint density at radius 1 is 1.20 bits per heavy atom. The molecule has 1 rings (SSSR count). The predicted octanol–water partition coefficient (Wildman–Crippen LogP) is 3.51. The van der Waals surface area contributed by atoms with Crippen LogP contribution >= 0.6 is 0 Å². The van der Waals surface area contributed by atoms with Crippen molar-refractivity contribution in [2.24, 2.45) is 0 Å². The maximum Gasteiger partial charge on any atom is 0.413 e. The summed E-state index contributed by atoms with van der Waals surface area (Å²) in [6.07, 6.45) is -5.42. The van der Waals surface area contributed by atoms with Crippen molar-refractivity contribution in [3.8, 4) is 0 Å². The third kappa shape index (κ3) is 6.20. The minimum Gasteiger partial charge on any atom is -0.481 e. The Bertz CT molecular complexity index is 647. The molecule has 1 unspecified atom stereocenters. The van der Waals surface area contributed by atoms with Gasteiger partial charge in [0.15, 0.2) is 17.7 Å². The minimum absolute atomic E-state index is 0.0409. The van der Waals surface area contributed by atoms with E-state index in [1.165, 1.54) is 13.8 Å². The number of carbonyl (C=O) groups is 2. The Kier molecular flexibility index (Phi) is 6.33. The second-order valence-corrected chi connectivity index (χ2v) is 5.99. The van der Waals surface area contributed by atoms with E-state index in [4.69, 9.17) is 5.11 Å². The lowest BCUT2D eigenvalue weighted by Crippen LogP contribution is -2.51. The Morgan fingerprint density at radius 2 is 1.80 bits per heavy atom. The minimum atomic E-state index is -5.07. The van der Waals surface area contributed by atoms with Gasteiger partial charge in [0.25, 0.3) is 0 Å². The molecule has 10 heteroatoms. The number of hydrogen-bond acceptors (Lipinski definition) is 2. The number of urea groups is 1. The van der Waals surface area contributed by atoms with Crippen molar-refractivity contribution in [2.45, 2.75) is 44.4 Å². The number of halogens is 5. The number of carboxylic acid groups (broad SMARTS) is 1. The molecule has 0 spiro atoms. The molecule has 5 nitrogen and oxygen atoms in total. The first-order chi connectivity index (χ1) is 11.3. The van der Waals surface area contributed by atoms with Crippen LogP contribution in [0.5, 0.6) is 0 Å². The molecule has 0 radical (unpaired) electrons. The van der Waals surface area contributed by atoms with Crippen LogP contribution in [0.15, 0.2) is 18.2 Å². The zero-order valence-electron chi connectivity index (χ0n) is 13.4. The van der Waals surface area contributed by atoms with Crippen molar-refractivity contribution < 1.29 is 36.6 Å². The van der Waals surface area contributed by atoms with Crippen LogP contribution in [0.3, 0.4) is 0 Å². The van der Waals surface area contributed by atoms with Crippen LogP contribution < -0.4 is 10.6 Å². The first-order valence-electron chi connectivity index (χ1n) is 7.14. The van der Waals surface area contributed by atoms with Gasteiger partial charge in [-0.15, -0.1) is 0 Å². The molecule has 0 aliphatic rings. The van der Waals surface area contributed by atoms with E-state index in [1.807, 2.05) is 0 Å². The Labute approximate surface area is 140 Å². The van der Waals surface area contributed by atoms with Gasteiger partial charge < -0.3 is 15.7 Å². The van der Waals surface area contributed by atoms with Gasteiger partial charge in [0.05, 0.1) is 0 Å². The highest BCUT2D eigenvalue weighted by molar-refractivity contribution is 5.75. The van der Waals surface area contributed by atoms with Crippen molar-refractivity contribution in [1.29, 1.82) is 0 Å². The smallest absolute Gasteiger partial charge is 0.413 e. The van der Waals surface area contributed by atoms with Crippen LogP contribution in [0.4, 0.5) is 26.7 Å². The summed E-state index contributed by atoms with van der Waals surface area (Å²) in [5, 5.41) is 12.4. The number of nitrogens with one attached hydrogen (secondary N) is 2. The van der Waals surface area contributed by atoms with Crippen LogP contribution in [-0.2, 0) is 4.79 Å². The van der Waals surface area contributed by atoms with Crippen LogP contribution in [0.25, 0.3) is 0 Å². The molecule has 1 aromatic rings. The topological polar surface area (TPSA) is 78.4 Å². The molecule has 0 aliphatic heterocycles. The van der Waals surface area contributed by atoms with E-state index in [1.54, 1.807) is 5.32 Å². The number of aliphatic carboxylic acids is 1. The first-order valence-corrected chi connectivity index (χ1v) is 7.14. The third-order valence-corrected chi connectivity index (χ3v) is 3.31. The molecule has 0 heterocycles. The van der Waals surface area contributed by atoms with Gasteiger partial charge in [0, 0.05) is 17.5 Å². The van der Waals surface area contributed by atoms with Crippen LogP contribution in [0.2, 0.25) is 0 Å². The molecule has 25 heavy (non-hydrogen) atoms. The first kappa shape index (κ1) is 20.7. The van der Waals surface area contributed by atoms with Gasteiger partial charge in [0.2, 0.25) is 0 Å². The number of carboxylic acids is 1. The van der Waals surface area contributed by atoms with Gasteiger partial charge in [-0.05, 0) is 26.3 Å². The monoisotopic (exact) mass is 368 g/mol. The second kappa shape index (κ2) is 7.66. The highest BCUT2D eigenvalue weighted by Gasteiger charge is 2.44. The lowest BCUT2D eigenvalue weighted by Gasteiger charge is -2.28. The van der Waals surface area contributed by atoms with Gasteiger partial charge >= 0.3 is 18.2 Å². The van der Waals surface area contributed by atoms with Gasteiger partial charge in [-0.3, -0.25) is 4.79 Å². The largest absolute Gasteiger partial charge is 0.481 e. The molecule has 140 valence electrons. The summed E-state index contributed by atoms with van der Waals surface area (Å²) in [5.74, 6) is -4.32. The van der Waals surface area contributed by atoms with Crippen molar-refractivity contribution in [1.82, 2.24) is 10.6 Å². The fourth-order valence-corrected chi connectivity index (χ4v) is 2.04. The number of carbonyl (C=O) groups excluding carboxylic acids is 1. The average molecular weight is 368 g/mol. The molecule has 1 aromatic carbocycles. The molecule has 0 aliphatic carbocycles. The SMILES string of the molecule is CC(C)(CCC(=O)O)NC(=O)NC(c1cccc(F)c1F)C(F)(F)F. The quantitative estimate of drug-likeness (QED) is 0.673. The normalized spacial score (nSPS) is 13.2. The van der Waals surface area contributed by atoms with E-state index >= 15 is 0 Å². The molecule has 2 amide bonds. The maximum absolute atomic E-state index is 13.7. The van der Waals surface area contributed by atoms with Gasteiger partial charge in [-0.25, -0.2) is 13.6 Å². The lowest BCUT2D eigenvalue weighted by atomic mass is 9.98. The summed E-state index contributed by atoms with van der Waals surface area (Å²) >= 11 is 0. The summed E-state index contributed by atoms with van der Waals surface area (Å²) < 4.78 is 66.3. The van der Waals surface area contributed by atoms with Gasteiger partial charge in [0.1, 0.15) is 0 Å². The van der Waals surface area contributed by atoms with Crippen molar-refractivity contribution >= 4 is 12.0 Å². The van der Waals surface area contributed by atoms with Gasteiger partial charge in [-0.1, -0.05) is 12.1 Å². The van der Waals surface area contributed by atoms with Crippen LogP contribution in [0.1, 0.15) is 38.3 Å². The van der Waals surface area contributed by atoms with Crippen molar-refractivity contribution in [3.63, 3.8) is 0 Å². The van der Waals surface area contributed by atoms with Crippen LogP contribution in [0, 0.1) is 11.6 Å². The molecular formula is C15H17F5N2O3. The van der Waals surface area contributed by atoms with E-state index in [0.29, 0.717) is 12.1 Å². The maximum atomic E-state index is 13.7. The molecule has 0 saturated carbocycles. The molecule has 1 atom stereocenters. The number of amides is 2. The molecule has 0 aromatic heterocycles. The molecule has 0 saturated heterocycles. The number of hydrogen-bond donors (Lipinski definition) is 3. The summed E-state index contributed by atoms with van der Waals surface area (Å²) in [5.41, 5.74) is -2.19. The van der Waals surface area contributed by atoms with E-state index in [-0.39, 0.29) is 12.8 Å². The lowest BCUT2D eigenvalue weighted by molar-refractivity contribution is -0.155. The fourth-order valence-electron chi connectivity index (χ4n) is 2.04. The summed E-state index contributed by atoms with van der Waals surface area (Å²) in [7, 11) is 0. The Balaban J connectivity index is 2.95. The van der Waals surface area contributed by atoms with E-state index < -0.39 is 47.0 Å². The Morgan fingerprint density at radius 3 is 2.32 bits per heavy atom. The zero-order chi connectivity index (χ0) is 19.4. The standard InChI is InChI=1S/C15H17F5N2O3/c1-14(2,7-6-10(23)24)22-13(25)21-12(15(18,19)20)8-4-3-5-9(16)11(8)17/h3-5,12H,6-7H2,1-2H3,(H,23,24)(H2,21,22,25). The van der Waals surface area contributed by atoms with Gasteiger partial charge in [-0.2, -0.15) is 13.2 Å². The molecule has 3 N–H and O–H groups in total. The number of alkyl halides is 3. The summed E-state index contributed by atoms with van der Waals surface area (Å²) in [6.45, 7) is 2.84. The number of rotatable bonds is 6. The van der Waals surface area contributed by atoms with E-state index in [9.17, 15) is 31.5 Å². The van der Waals surface area contributed by atoms with Crippen molar-refractivity contribution in [2.75, 3.05) is 0 Å². The summed E-state index contributed by atoms with van der Waals surface area (Å²) in [6, 6.07) is -1.80. The highest BCUT2D eigenvalue weighted by atomic mass is 19.4. The number of benzene rings is 1. The summed E-state index contributed by atoms with van der Waals surface area (Å²) in [4.78, 5) is 22.4. The Hall–Kier alpha value is -2.39. The zero-order valence-corrected chi connectivity index (χ0v) is 13.4. The predicted molar refractivity (Wildman–Crippen MR) is 77.8 cm³/mol. The molecular weight excluding hydrogens is 351 g/mol. The van der Waals surface area contributed by atoms with Crippen LogP contribution in [-0.4, -0.2) is 28.8 Å². The van der Waals surface area contributed by atoms with E-state index in [2.05, 4.69) is 5.32 Å². The molecule has 0 bridgehead atoms. The molecule has 0 fully saturated rings. The van der Waals surface area contributed by atoms with E-state index in [0.717, 1.165) is 6.07 Å². The highest BCUT2D eigenvalue weighted by Crippen LogP contribution is 2.34. The second-order valence-electron chi connectivity index (χ2n) is 5.99. The third-order valence-electron chi connectivity index (χ3n) is 3.31. The van der Waals surface area contributed by atoms with Crippen molar-refractivity contribution in [3.05, 3.63) is 35.4 Å². The average Bonchev–Trinajstić information content (AvgIpc) is 2.44. The fraction of sp³-hybridized carbons (Fsp3) is 0.467.